The standard InChI is InChI=1S/C21H24N4O3/c1-2-28-21(27)24-13-11-23(12-14-24)17-7-8-18(22-15-17)20(26)25-10-9-16-5-3-4-6-19(16)25/h3-8,15H,2,9-14H2,1H3. The second-order valence-corrected chi connectivity index (χ2v) is 6.91. The smallest absolute Gasteiger partial charge is 0.409 e. The molecule has 2 aliphatic heterocycles. The Bertz CT molecular complexity index is 860. The number of para-hydroxylation sites is 1. The van der Waals surface area contributed by atoms with Crippen molar-refractivity contribution < 1.29 is 14.3 Å². The van der Waals surface area contributed by atoms with Crippen molar-refractivity contribution in [1.82, 2.24) is 9.88 Å². The van der Waals surface area contributed by atoms with Gasteiger partial charge in [-0.2, -0.15) is 0 Å². The number of fused-ring (bicyclic) bond motifs is 1. The van der Waals surface area contributed by atoms with Gasteiger partial charge in [-0.25, -0.2) is 9.78 Å². The minimum Gasteiger partial charge on any atom is -0.450 e. The lowest BCUT2D eigenvalue weighted by Crippen LogP contribution is -2.49. The molecule has 2 amide bonds. The number of carbonyl (C=O) groups excluding carboxylic acids is 2. The number of aromatic nitrogens is 1. The average molecular weight is 380 g/mol. The van der Waals surface area contributed by atoms with E-state index < -0.39 is 0 Å². The van der Waals surface area contributed by atoms with Crippen molar-refractivity contribution >= 4 is 23.4 Å². The first-order chi connectivity index (χ1) is 13.7. The van der Waals surface area contributed by atoms with Crippen LogP contribution in [0.3, 0.4) is 0 Å². The number of carbonyl (C=O) groups is 2. The molecule has 0 saturated carbocycles. The summed E-state index contributed by atoms with van der Waals surface area (Å²) < 4.78 is 5.05. The highest BCUT2D eigenvalue weighted by Crippen LogP contribution is 2.28. The molecule has 2 aromatic rings. The van der Waals surface area contributed by atoms with Crippen LogP contribution in [0.15, 0.2) is 42.6 Å². The van der Waals surface area contributed by atoms with Gasteiger partial charge in [-0.05, 0) is 37.1 Å². The van der Waals surface area contributed by atoms with Gasteiger partial charge in [0.1, 0.15) is 5.69 Å². The van der Waals surface area contributed by atoms with E-state index in [4.69, 9.17) is 4.74 Å². The maximum absolute atomic E-state index is 12.9. The number of anilines is 2. The molecule has 0 unspecified atom stereocenters. The van der Waals surface area contributed by atoms with E-state index in [0.29, 0.717) is 45.0 Å². The summed E-state index contributed by atoms with van der Waals surface area (Å²) in [6, 6.07) is 11.7. The maximum atomic E-state index is 12.9. The number of hydrogen-bond acceptors (Lipinski definition) is 5. The molecule has 7 heteroatoms. The van der Waals surface area contributed by atoms with Crippen molar-refractivity contribution in [3.05, 3.63) is 53.9 Å². The van der Waals surface area contributed by atoms with Crippen LogP contribution >= 0.6 is 0 Å². The van der Waals surface area contributed by atoms with Crippen molar-refractivity contribution in [3.8, 4) is 0 Å². The second-order valence-electron chi connectivity index (χ2n) is 6.91. The number of pyridine rings is 1. The highest BCUT2D eigenvalue weighted by atomic mass is 16.6. The van der Waals surface area contributed by atoms with Crippen LogP contribution in [0.2, 0.25) is 0 Å². The first kappa shape index (κ1) is 18.3. The van der Waals surface area contributed by atoms with Crippen molar-refractivity contribution in [3.63, 3.8) is 0 Å². The van der Waals surface area contributed by atoms with E-state index in [1.54, 1.807) is 22.1 Å². The van der Waals surface area contributed by atoms with Gasteiger partial charge >= 0.3 is 6.09 Å². The topological polar surface area (TPSA) is 66.0 Å². The Balaban J connectivity index is 1.40. The summed E-state index contributed by atoms with van der Waals surface area (Å²) >= 11 is 0. The largest absolute Gasteiger partial charge is 0.450 e. The molecule has 28 heavy (non-hydrogen) atoms. The number of nitrogens with zero attached hydrogens (tertiary/aromatic N) is 4. The number of benzene rings is 1. The fourth-order valence-corrected chi connectivity index (χ4v) is 3.75. The van der Waals surface area contributed by atoms with E-state index in [2.05, 4.69) is 16.0 Å². The zero-order valence-corrected chi connectivity index (χ0v) is 16.0. The van der Waals surface area contributed by atoms with E-state index in [1.165, 1.54) is 5.56 Å². The van der Waals surface area contributed by atoms with Crippen LogP contribution in [0.1, 0.15) is 23.0 Å². The maximum Gasteiger partial charge on any atom is 0.409 e. The van der Waals surface area contributed by atoms with Crippen LogP contribution in [0.25, 0.3) is 0 Å². The van der Waals surface area contributed by atoms with Crippen molar-refractivity contribution in [1.29, 1.82) is 0 Å². The fraction of sp³-hybridized carbons (Fsp3) is 0.381. The monoisotopic (exact) mass is 380 g/mol. The zero-order valence-electron chi connectivity index (χ0n) is 16.0. The summed E-state index contributed by atoms with van der Waals surface area (Å²) in [6.07, 6.45) is 2.37. The molecule has 1 fully saturated rings. The molecule has 1 aromatic carbocycles. The molecule has 1 saturated heterocycles. The molecule has 0 aliphatic carbocycles. The molecule has 146 valence electrons. The Morgan fingerprint density at radius 1 is 1.04 bits per heavy atom. The zero-order chi connectivity index (χ0) is 19.5. The van der Waals surface area contributed by atoms with Crippen LogP contribution < -0.4 is 9.80 Å². The molecule has 0 N–H and O–H groups in total. The number of ether oxygens (including phenoxy) is 1. The van der Waals surface area contributed by atoms with E-state index in [0.717, 1.165) is 17.8 Å². The summed E-state index contributed by atoms with van der Waals surface area (Å²) in [6.45, 7) is 5.55. The fourth-order valence-electron chi connectivity index (χ4n) is 3.75. The van der Waals surface area contributed by atoms with Crippen LogP contribution in [0.4, 0.5) is 16.2 Å². The Morgan fingerprint density at radius 2 is 1.82 bits per heavy atom. The molecular weight excluding hydrogens is 356 g/mol. The van der Waals surface area contributed by atoms with Gasteiger partial charge in [-0.15, -0.1) is 0 Å². The molecule has 0 bridgehead atoms. The summed E-state index contributed by atoms with van der Waals surface area (Å²) in [5, 5.41) is 0. The van der Waals surface area contributed by atoms with E-state index in [9.17, 15) is 9.59 Å². The number of hydrogen-bond donors (Lipinski definition) is 0. The quantitative estimate of drug-likeness (QED) is 0.819. The lowest BCUT2D eigenvalue weighted by Gasteiger charge is -2.35. The average Bonchev–Trinajstić information content (AvgIpc) is 3.18. The van der Waals surface area contributed by atoms with Crippen LogP contribution in [-0.4, -0.2) is 61.2 Å². The molecular formula is C21H24N4O3. The Morgan fingerprint density at radius 3 is 2.54 bits per heavy atom. The van der Waals surface area contributed by atoms with Gasteiger partial charge in [0.2, 0.25) is 0 Å². The molecule has 2 aliphatic rings. The first-order valence-corrected chi connectivity index (χ1v) is 9.70. The molecule has 7 nitrogen and oxygen atoms in total. The second kappa shape index (κ2) is 7.88. The normalized spacial score (nSPS) is 16.1. The lowest BCUT2D eigenvalue weighted by molar-refractivity contribution is 0.0983. The third kappa shape index (κ3) is 3.52. The molecule has 0 radical (unpaired) electrons. The van der Waals surface area contributed by atoms with Crippen LogP contribution in [-0.2, 0) is 11.2 Å². The van der Waals surface area contributed by atoms with Crippen molar-refractivity contribution in [2.45, 2.75) is 13.3 Å². The molecule has 0 atom stereocenters. The number of amides is 2. The molecule has 1 aromatic heterocycles. The third-order valence-electron chi connectivity index (χ3n) is 5.27. The summed E-state index contributed by atoms with van der Waals surface area (Å²) in [5.41, 5.74) is 3.59. The minimum atomic E-state index is -0.257. The van der Waals surface area contributed by atoms with Gasteiger partial charge in [-0.1, -0.05) is 18.2 Å². The van der Waals surface area contributed by atoms with Crippen LogP contribution in [0.5, 0.6) is 0 Å². The van der Waals surface area contributed by atoms with E-state index in [-0.39, 0.29) is 12.0 Å². The Kier molecular flexibility index (Phi) is 5.14. The van der Waals surface area contributed by atoms with Gasteiger partial charge in [0.25, 0.3) is 5.91 Å². The minimum absolute atomic E-state index is 0.0661. The predicted octanol–water partition coefficient (Wildman–Crippen LogP) is 2.56. The summed E-state index contributed by atoms with van der Waals surface area (Å²) in [7, 11) is 0. The van der Waals surface area contributed by atoms with Gasteiger partial charge in [0.05, 0.1) is 18.5 Å². The number of rotatable bonds is 3. The van der Waals surface area contributed by atoms with Gasteiger partial charge in [0, 0.05) is 38.4 Å². The van der Waals surface area contributed by atoms with Crippen molar-refractivity contribution in [2.75, 3.05) is 49.1 Å². The van der Waals surface area contributed by atoms with Crippen LogP contribution in [0, 0.1) is 0 Å². The Hall–Kier alpha value is -3.09. The molecule has 0 spiro atoms. The highest BCUT2D eigenvalue weighted by molar-refractivity contribution is 6.06. The summed E-state index contributed by atoms with van der Waals surface area (Å²) in [5.74, 6) is -0.0661. The first-order valence-electron chi connectivity index (χ1n) is 9.70. The van der Waals surface area contributed by atoms with E-state index >= 15 is 0 Å². The molecule has 4 rings (SSSR count). The predicted molar refractivity (Wildman–Crippen MR) is 107 cm³/mol. The Labute approximate surface area is 164 Å². The van der Waals surface area contributed by atoms with Crippen molar-refractivity contribution in [2.24, 2.45) is 0 Å². The SMILES string of the molecule is CCOC(=O)N1CCN(c2ccc(C(=O)N3CCc4ccccc43)nc2)CC1. The molecule has 3 heterocycles. The lowest BCUT2D eigenvalue weighted by atomic mass is 10.2. The third-order valence-corrected chi connectivity index (χ3v) is 5.27. The van der Waals surface area contributed by atoms with Gasteiger partial charge in [0.15, 0.2) is 0 Å². The van der Waals surface area contributed by atoms with Gasteiger partial charge < -0.3 is 19.4 Å². The summed E-state index contributed by atoms with van der Waals surface area (Å²) in [4.78, 5) is 34.8. The van der Waals surface area contributed by atoms with Gasteiger partial charge in [-0.3, -0.25) is 4.79 Å². The highest BCUT2D eigenvalue weighted by Gasteiger charge is 2.26. The van der Waals surface area contributed by atoms with E-state index in [1.807, 2.05) is 31.2 Å². The number of piperazine rings is 1.